The number of ether oxygens (including phenoxy) is 1. The first-order valence-corrected chi connectivity index (χ1v) is 6.85. The molecule has 1 N–H and O–H groups in total. The number of benzene rings is 1. The molecule has 0 saturated carbocycles. The van der Waals surface area contributed by atoms with E-state index in [9.17, 15) is 9.59 Å². The minimum Gasteiger partial charge on any atom is -0.493 e. The molecular weight excluding hydrogens is 300 g/mol. The molecule has 2 heterocycles. The molecule has 118 valence electrons. The van der Waals surface area contributed by atoms with Gasteiger partial charge in [-0.3, -0.25) is 9.59 Å². The van der Waals surface area contributed by atoms with Gasteiger partial charge in [0.05, 0.1) is 19.0 Å². The van der Waals surface area contributed by atoms with Crippen molar-refractivity contribution in [1.82, 2.24) is 5.16 Å². The molecule has 23 heavy (non-hydrogen) atoms. The van der Waals surface area contributed by atoms with Crippen molar-refractivity contribution >= 4 is 28.3 Å². The van der Waals surface area contributed by atoms with Crippen molar-refractivity contribution in [3.05, 3.63) is 41.5 Å². The second-order valence-corrected chi connectivity index (χ2v) is 4.97. The van der Waals surface area contributed by atoms with E-state index in [4.69, 9.17) is 13.7 Å². The molecule has 0 saturated heterocycles. The predicted octanol–water partition coefficient (Wildman–Crippen LogP) is 3.19. The number of nitrogens with one attached hydrogen (secondary N) is 1. The fourth-order valence-electron chi connectivity index (χ4n) is 2.25. The molecule has 1 aromatic carbocycles. The number of amides is 1. The number of hydrogen-bond donors (Lipinski definition) is 1. The maximum absolute atomic E-state index is 12.3. The monoisotopic (exact) mass is 314 g/mol. The van der Waals surface area contributed by atoms with Crippen molar-refractivity contribution < 1.29 is 23.3 Å². The van der Waals surface area contributed by atoms with Gasteiger partial charge >= 0.3 is 0 Å². The number of nitrogens with zero attached hydrogens (tertiary/aromatic N) is 1. The lowest BCUT2D eigenvalue weighted by molar-refractivity contribution is 0.0987. The molecule has 7 nitrogen and oxygen atoms in total. The van der Waals surface area contributed by atoms with Crippen molar-refractivity contribution in [3.63, 3.8) is 0 Å². The second kappa shape index (κ2) is 5.60. The first-order valence-electron chi connectivity index (χ1n) is 6.85. The molecule has 0 spiro atoms. The summed E-state index contributed by atoms with van der Waals surface area (Å²) in [6.45, 7) is 3.06. The maximum Gasteiger partial charge on any atom is 0.260 e. The Labute approximate surface area is 131 Å². The summed E-state index contributed by atoms with van der Waals surface area (Å²) < 4.78 is 15.6. The summed E-state index contributed by atoms with van der Waals surface area (Å²) in [4.78, 5) is 23.8. The zero-order chi connectivity index (χ0) is 16.6. The minimum absolute atomic E-state index is 0.196. The van der Waals surface area contributed by atoms with Gasteiger partial charge in [0.2, 0.25) is 0 Å². The normalized spacial score (nSPS) is 10.7. The third-order valence-corrected chi connectivity index (χ3v) is 3.46. The molecule has 0 aliphatic heterocycles. The van der Waals surface area contributed by atoms with Crippen LogP contribution in [0.3, 0.4) is 0 Å². The predicted molar refractivity (Wildman–Crippen MR) is 82.0 cm³/mol. The highest BCUT2D eigenvalue weighted by atomic mass is 16.5. The van der Waals surface area contributed by atoms with Crippen LogP contribution < -0.4 is 10.1 Å². The van der Waals surface area contributed by atoms with Crippen LogP contribution in [-0.4, -0.2) is 24.0 Å². The summed E-state index contributed by atoms with van der Waals surface area (Å²) in [6.07, 6.45) is 1.35. The minimum atomic E-state index is -0.360. The van der Waals surface area contributed by atoms with E-state index < -0.39 is 0 Å². The van der Waals surface area contributed by atoms with Crippen molar-refractivity contribution in [1.29, 1.82) is 0 Å². The van der Waals surface area contributed by atoms with Gasteiger partial charge in [-0.1, -0.05) is 5.16 Å². The van der Waals surface area contributed by atoms with E-state index >= 15 is 0 Å². The third-order valence-electron chi connectivity index (χ3n) is 3.46. The number of aromatic nitrogens is 1. The first-order chi connectivity index (χ1) is 11.0. The van der Waals surface area contributed by atoms with Gasteiger partial charge in [-0.15, -0.1) is 0 Å². The quantitative estimate of drug-likeness (QED) is 0.743. The van der Waals surface area contributed by atoms with E-state index in [0.717, 1.165) is 0 Å². The Morgan fingerprint density at radius 1 is 1.30 bits per heavy atom. The van der Waals surface area contributed by atoms with E-state index in [0.29, 0.717) is 33.7 Å². The molecule has 3 aromatic rings. The molecule has 0 aliphatic rings. The standard InChI is InChI=1S/C16H14N2O5/c1-8(19)14-6-10-12(4-5-13(21-3)15(10)22-14)18-16(20)11-7-17-23-9(11)2/h4-7H,1-3H3,(H,18,20). The number of rotatable bonds is 4. The Hall–Kier alpha value is -3.09. The van der Waals surface area contributed by atoms with Gasteiger partial charge in [-0.05, 0) is 25.1 Å². The van der Waals surface area contributed by atoms with Gasteiger partial charge in [0.25, 0.3) is 5.91 Å². The molecule has 0 fully saturated rings. The molecule has 0 atom stereocenters. The number of fused-ring (bicyclic) bond motifs is 1. The summed E-state index contributed by atoms with van der Waals surface area (Å²) in [6, 6.07) is 4.92. The Morgan fingerprint density at radius 3 is 2.70 bits per heavy atom. The highest BCUT2D eigenvalue weighted by molar-refractivity contribution is 6.10. The van der Waals surface area contributed by atoms with Crippen LogP contribution in [0.1, 0.15) is 33.6 Å². The number of ketones is 1. The number of carbonyl (C=O) groups excluding carboxylic acids is 2. The van der Waals surface area contributed by atoms with Crippen molar-refractivity contribution in [2.75, 3.05) is 12.4 Å². The SMILES string of the molecule is COc1ccc(NC(=O)c2cnoc2C)c2cc(C(C)=O)oc12. The molecule has 0 bridgehead atoms. The van der Waals surface area contributed by atoms with Gasteiger partial charge < -0.3 is 19.0 Å². The number of carbonyl (C=O) groups is 2. The summed E-state index contributed by atoms with van der Waals surface area (Å²) in [5.41, 5.74) is 1.24. The molecule has 7 heteroatoms. The maximum atomic E-state index is 12.3. The van der Waals surface area contributed by atoms with Crippen LogP contribution in [0.15, 0.2) is 33.3 Å². The van der Waals surface area contributed by atoms with E-state index in [1.54, 1.807) is 25.1 Å². The van der Waals surface area contributed by atoms with Gasteiger partial charge in [-0.2, -0.15) is 0 Å². The molecule has 0 aliphatic carbocycles. The lowest BCUT2D eigenvalue weighted by atomic mass is 10.1. The molecule has 0 radical (unpaired) electrons. The fraction of sp³-hybridized carbons (Fsp3) is 0.188. The van der Waals surface area contributed by atoms with Crippen LogP contribution in [0.2, 0.25) is 0 Å². The summed E-state index contributed by atoms with van der Waals surface area (Å²) in [5, 5.41) is 6.93. The number of methoxy groups -OCH3 is 1. The van der Waals surface area contributed by atoms with Crippen LogP contribution in [-0.2, 0) is 0 Å². The first kappa shape index (κ1) is 14.8. The number of aryl methyl sites for hydroxylation is 1. The Morgan fingerprint density at radius 2 is 2.09 bits per heavy atom. The summed E-state index contributed by atoms with van der Waals surface area (Å²) in [5.74, 6) is 0.521. The van der Waals surface area contributed by atoms with Crippen LogP contribution in [0.25, 0.3) is 11.0 Å². The fourth-order valence-corrected chi connectivity index (χ4v) is 2.25. The Bertz CT molecular complexity index is 906. The van der Waals surface area contributed by atoms with Crippen LogP contribution in [0.4, 0.5) is 5.69 Å². The van der Waals surface area contributed by atoms with Gasteiger partial charge in [0, 0.05) is 12.3 Å². The van der Waals surface area contributed by atoms with E-state index in [1.165, 1.54) is 20.2 Å². The summed E-state index contributed by atoms with van der Waals surface area (Å²) >= 11 is 0. The van der Waals surface area contributed by atoms with E-state index in [1.807, 2.05) is 0 Å². The number of furan rings is 1. The average molecular weight is 314 g/mol. The number of hydrogen-bond acceptors (Lipinski definition) is 6. The van der Waals surface area contributed by atoms with Crippen molar-refractivity contribution in [2.45, 2.75) is 13.8 Å². The van der Waals surface area contributed by atoms with Crippen LogP contribution in [0.5, 0.6) is 5.75 Å². The summed E-state index contributed by atoms with van der Waals surface area (Å²) in [7, 11) is 1.50. The molecule has 3 rings (SSSR count). The lowest BCUT2D eigenvalue weighted by Crippen LogP contribution is -2.12. The second-order valence-electron chi connectivity index (χ2n) is 4.97. The highest BCUT2D eigenvalue weighted by Gasteiger charge is 2.18. The Kier molecular flexibility index (Phi) is 3.61. The molecule has 2 aromatic heterocycles. The lowest BCUT2D eigenvalue weighted by Gasteiger charge is -2.07. The van der Waals surface area contributed by atoms with E-state index in [2.05, 4.69) is 10.5 Å². The average Bonchev–Trinajstić information content (AvgIpc) is 3.14. The molecule has 1 amide bonds. The largest absolute Gasteiger partial charge is 0.493 e. The Balaban J connectivity index is 2.06. The molecule has 0 unspecified atom stereocenters. The number of Topliss-reactive ketones (excluding diaryl/α,β-unsaturated/α-hetero) is 1. The zero-order valence-corrected chi connectivity index (χ0v) is 12.8. The number of anilines is 1. The zero-order valence-electron chi connectivity index (χ0n) is 12.8. The van der Waals surface area contributed by atoms with Crippen molar-refractivity contribution in [3.8, 4) is 5.75 Å². The van der Waals surface area contributed by atoms with Gasteiger partial charge in [0.15, 0.2) is 22.9 Å². The topological polar surface area (TPSA) is 94.6 Å². The van der Waals surface area contributed by atoms with Crippen LogP contribution in [0, 0.1) is 6.92 Å². The van der Waals surface area contributed by atoms with E-state index in [-0.39, 0.29) is 17.5 Å². The smallest absolute Gasteiger partial charge is 0.260 e. The van der Waals surface area contributed by atoms with Gasteiger partial charge in [0.1, 0.15) is 11.3 Å². The molecular formula is C16H14N2O5. The van der Waals surface area contributed by atoms with Crippen molar-refractivity contribution in [2.24, 2.45) is 0 Å². The van der Waals surface area contributed by atoms with Crippen LogP contribution >= 0.6 is 0 Å². The highest BCUT2D eigenvalue weighted by Crippen LogP contribution is 2.34. The van der Waals surface area contributed by atoms with Gasteiger partial charge in [-0.25, -0.2) is 0 Å². The third kappa shape index (κ3) is 2.57.